The van der Waals surface area contributed by atoms with E-state index in [4.69, 9.17) is 4.74 Å². The Bertz CT molecular complexity index is 984. The highest BCUT2D eigenvalue weighted by atomic mass is 32.2. The van der Waals surface area contributed by atoms with Crippen LogP contribution in [0.2, 0.25) is 0 Å². The minimum absolute atomic E-state index is 0.0660. The Morgan fingerprint density at radius 3 is 2.33 bits per heavy atom. The highest BCUT2D eigenvalue weighted by Crippen LogP contribution is 2.27. The fraction of sp³-hybridized carbons (Fsp3) is 0.381. The standard InChI is InChI=1S/C21H27N3O5S/c1-3-10-23-11-13-24(14-12-23)20-9-4-16(15-19(20)21(25)26)22-30(27,28)18-7-5-17(29-2)6-8-18/h4-9,15,22H,3,10-14H2,1-2H3,(H,25,26). The van der Waals surface area contributed by atoms with E-state index in [1.807, 2.05) is 4.90 Å². The highest BCUT2D eigenvalue weighted by Gasteiger charge is 2.22. The summed E-state index contributed by atoms with van der Waals surface area (Å²) < 4.78 is 32.8. The molecule has 3 rings (SSSR count). The van der Waals surface area contributed by atoms with E-state index in [2.05, 4.69) is 16.5 Å². The fourth-order valence-corrected chi connectivity index (χ4v) is 4.59. The van der Waals surface area contributed by atoms with Gasteiger partial charge >= 0.3 is 5.97 Å². The molecule has 0 atom stereocenters. The second-order valence-electron chi connectivity index (χ2n) is 7.15. The normalized spacial score (nSPS) is 15.1. The molecule has 162 valence electrons. The molecule has 1 fully saturated rings. The molecule has 1 heterocycles. The fourth-order valence-electron chi connectivity index (χ4n) is 3.54. The van der Waals surface area contributed by atoms with Crippen molar-refractivity contribution in [1.82, 2.24) is 4.90 Å². The summed E-state index contributed by atoms with van der Waals surface area (Å²) in [4.78, 5) is 16.3. The van der Waals surface area contributed by atoms with E-state index in [9.17, 15) is 18.3 Å². The maximum atomic E-state index is 12.7. The van der Waals surface area contributed by atoms with Crippen molar-refractivity contribution < 1.29 is 23.1 Å². The highest BCUT2D eigenvalue weighted by molar-refractivity contribution is 7.92. The number of carboxylic acid groups (broad SMARTS) is 1. The zero-order valence-corrected chi connectivity index (χ0v) is 18.0. The van der Waals surface area contributed by atoms with E-state index < -0.39 is 16.0 Å². The molecule has 2 aromatic rings. The molecule has 2 aromatic carbocycles. The van der Waals surface area contributed by atoms with Gasteiger partial charge in [-0.3, -0.25) is 9.62 Å². The average Bonchev–Trinajstić information content (AvgIpc) is 2.74. The van der Waals surface area contributed by atoms with Crippen LogP contribution in [0.25, 0.3) is 0 Å². The van der Waals surface area contributed by atoms with Crippen LogP contribution in [0.4, 0.5) is 11.4 Å². The number of anilines is 2. The molecule has 1 saturated heterocycles. The maximum Gasteiger partial charge on any atom is 0.337 e. The molecule has 8 nitrogen and oxygen atoms in total. The second kappa shape index (κ2) is 9.36. The number of carbonyl (C=O) groups is 1. The Hall–Kier alpha value is -2.78. The zero-order valence-electron chi connectivity index (χ0n) is 17.2. The van der Waals surface area contributed by atoms with E-state index in [0.717, 1.165) is 39.1 Å². The van der Waals surface area contributed by atoms with Gasteiger partial charge in [0.25, 0.3) is 10.0 Å². The van der Waals surface area contributed by atoms with Crippen molar-refractivity contribution in [3.63, 3.8) is 0 Å². The lowest BCUT2D eigenvalue weighted by Gasteiger charge is -2.36. The van der Waals surface area contributed by atoms with E-state index in [0.29, 0.717) is 11.4 Å². The molecule has 1 aliphatic heterocycles. The number of nitrogens with one attached hydrogen (secondary N) is 1. The van der Waals surface area contributed by atoms with Crippen LogP contribution in [0.3, 0.4) is 0 Å². The molecule has 0 saturated carbocycles. The first kappa shape index (κ1) is 21.9. The molecule has 0 aromatic heterocycles. The lowest BCUT2D eigenvalue weighted by molar-refractivity contribution is 0.0697. The van der Waals surface area contributed by atoms with Crippen LogP contribution >= 0.6 is 0 Å². The number of hydrogen-bond acceptors (Lipinski definition) is 6. The van der Waals surface area contributed by atoms with E-state index in [1.54, 1.807) is 24.3 Å². The van der Waals surface area contributed by atoms with Gasteiger partial charge in [-0.15, -0.1) is 0 Å². The topological polar surface area (TPSA) is 99.2 Å². The van der Waals surface area contributed by atoms with Crippen LogP contribution in [-0.4, -0.2) is 64.2 Å². The van der Waals surface area contributed by atoms with Crippen molar-refractivity contribution in [3.05, 3.63) is 48.0 Å². The van der Waals surface area contributed by atoms with Crippen LogP contribution in [-0.2, 0) is 10.0 Å². The van der Waals surface area contributed by atoms with Gasteiger partial charge < -0.3 is 14.7 Å². The van der Waals surface area contributed by atoms with Crippen molar-refractivity contribution in [1.29, 1.82) is 0 Å². The van der Waals surface area contributed by atoms with Crippen LogP contribution in [0.5, 0.6) is 5.75 Å². The number of hydrogen-bond donors (Lipinski definition) is 2. The predicted molar refractivity (Wildman–Crippen MR) is 116 cm³/mol. The number of carboxylic acids is 1. The number of rotatable bonds is 8. The van der Waals surface area contributed by atoms with Crippen molar-refractivity contribution in [2.75, 3.05) is 49.5 Å². The first-order chi connectivity index (χ1) is 14.3. The summed E-state index contributed by atoms with van der Waals surface area (Å²) in [5.74, 6) is -0.544. The molecule has 9 heteroatoms. The molecular formula is C21H27N3O5S. The monoisotopic (exact) mass is 433 g/mol. The summed E-state index contributed by atoms with van der Waals surface area (Å²) in [7, 11) is -2.35. The number of benzene rings is 2. The Labute approximate surface area is 177 Å². The number of ether oxygens (including phenoxy) is 1. The number of sulfonamides is 1. The van der Waals surface area contributed by atoms with Crippen molar-refractivity contribution >= 4 is 27.4 Å². The molecule has 1 aliphatic rings. The van der Waals surface area contributed by atoms with E-state index >= 15 is 0 Å². The van der Waals surface area contributed by atoms with Gasteiger partial charge in [-0.05, 0) is 55.4 Å². The smallest absolute Gasteiger partial charge is 0.337 e. The lowest BCUT2D eigenvalue weighted by Crippen LogP contribution is -2.47. The molecule has 0 bridgehead atoms. The Balaban J connectivity index is 1.80. The third kappa shape index (κ3) is 5.03. The summed E-state index contributed by atoms with van der Waals surface area (Å²) >= 11 is 0. The number of aromatic carboxylic acids is 1. The first-order valence-corrected chi connectivity index (χ1v) is 11.3. The molecule has 2 N–H and O–H groups in total. The van der Waals surface area contributed by atoms with Gasteiger partial charge in [0.1, 0.15) is 5.75 Å². The van der Waals surface area contributed by atoms with Gasteiger partial charge in [0.05, 0.1) is 23.3 Å². The Morgan fingerprint density at radius 1 is 1.10 bits per heavy atom. The van der Waals surface area contributed by atoms with Crippen molar-refractivity contribution in [2.24, 2.45) is 0 Å². The third-order valence-corrected chi connectivity index (χ3v) is 6.50. The summed E-state index contributed by atoms with van der Waals surface area (Å²) in [6.07, 6.45) is 1.09. The molecular weight excluding hydrogens is 406 g/mol. The van der Waals surface area contributed by atoms with Crippen LogP contribution in [0.1, 0.15) is 23.7 Å². The average molecular weight is 434 g/mol. The van der Waals surface area contributed by atoms with Gasteiger partial charge in [-0.25, -0.2) is 13.2 Å². The van der Waals surface area contributed by atoms with Gasteiger partial charge in [0.15, 0.2) is 0 Å². The summed E-state index contributed by atoms with van der Waals surface area (Å²) in [6, 6.07) is 10.6. The number of nitrogens with zero attached hydrogens (tertiary/aromatic N) is 2. The molecule has 0 amide bonds. The largest absolute Gasteiger partial charge is 0.497 e. The van der Waals surface area contributed by atoms with Gasteiger partial charge in [-0.2, -0.15) is 0 Å². The van der Waals surface area contributed by atoms with E-state index in [-0.39, 0.29) is 16.1 Å². The quantitative estimate of drug-likeness (QED) is 0.660. The van der Waals surface area contributed by atoms with Crippen LogP contribution < -0.4 is 14.4 Å². The molecule has 0 spiro atoms. The molecule has 0 aliphatic carbocycles. The molecule has 30 heavy (non-hydrogen) atoms. The first-order valence-electron chi connectivity index (χ1n) is 9.85. The molecule has 0 radical (unpaired) electrons. The van der Waals surface area contributed by atoms with E-state index in [1.165, 1.54) is 25.3 Å². The minimum atomic E-state index is -3.85. The summed E-state index contributed by atoms with van der Waals surface area (Å²) in [6.45, 7) is 6.39. The SMILES string of the molecule is CCCN1CCN(c2ccc(NS(=O)(=O)c3ccc(OC)cc3)cc2C(=O)O)CC1. The van der Waals surface area contributed by atoms with Gasteiger partial charge in [0.2, 0.25) is 0 Å². The maximum absolute atomic E-state index is 12.7. The summed E-state index contributed by atoms with van der Waals surface area (Å²) in [5, 5.41) is 9.70. The number of piperazine rings is 1. The Kier molecular flexibility index (Phi) is 6.84. The summed E-state index contributed by atoms with van der Waals surface area (Å²) in [5.41, 5.74) is 0.886. The van der Waals surface area contributed by atoms with Crippen molar-refractivity contribution in [3.8, 4) is 5.75 Å². The van der Waals surface area contributed by atoms with Crippen molar-refractivity contribution in [2.45, 2.75) is 18.2 Å². The molecule has 0 unspecified atom stereocenters. The minimum Gasteiger partial charge on any atom is -0.497 e. The number of methoxy groups -OCH3 is 1. The third-order valence-electron chi connectivity index (χ3n) is 5.10. The van der Waals surface area contributed by atoms with Gasteiger partial charge in [0, 0.05) is 31.9 Å². The Morgan fingerprint density at radius 2 is 1.77 bits per heavy atom. The second-order valence-corrected chi connectivity index (χ2v) is 8.83. The van der Waals surface area contributed by atoms with Crippen LogP contribution in [0, 0.1) is 0 Å². The predicted octanol–water partition coefficient (Wildman–Crippen LogP) is 2.73. The van der Waals surface area contributed by atoms with Crippen LogP contribution in [0.15, 0.2) is 47.4 Å². The lowest BCUT2D eigenvalue weighted by atomic mass is 10.1. The van der Waals surface area contributed by atoms with Gasteiger partial charge in [-0.1, -0.05) is 6.92 Å². The zero-order chi connectivity index (χ0) is 21.7.